The molecular weight excluding hydrogens is 392 g/mol. The molecule has 0 saturated heterocycles. The molecule has 3 aromatic heterocycles. The molecule has 150 valence electrons. The molecule has 2 N–H and O–H groups in total. The van der Waals surface area contributed by atoms with Crippen molar-refractivity contribution in [2.75, 3.05) is 11.9 Å². The van der Waals surface area contributed by atoms with Gasteiger partial charge in [-0.1, -0.05) is 17.4 Å². The summed E-state index contributed by atoms with van der Waals surface area (Å²) in [6.45, 7) is 4.73. The van der Waals surface area contributed by atoms with E-state index >= 15 is 0 Å². The molecule has 0 spiro atoms. The minimum Gasteiger partial charge on any atom is -0.477 e. The smallest absolute Gasteiger partial charge is 0.374 e. The fraction of sp³-hybridized carbons (Fsp3) is 0.368. The lowest BCUT2D eigenvalue weighted by atomic mass is 10.2. The lowest BCUT2D eigenvalue weighted by molar-refractivity contribution is 0.0682. The third-order valence-corrected chi connectivity index (χ3v) is 5.40. The molecule has 1 aliphatic rings. The van der Waals surface area contributed by atoms with Gasteiger partial charge in [-0.25, -0.2) is 9.78 Å². The number of carboxylic acids is 1. The molecule has 1 fully saturated rings. The van der Waals surface area contributed by atoms with Gasteiger partial charge >= 0.3 is 5.97 Å². The molecule has 2 atom stereocenters. The van der Waals surface area contributed by atoms with Crippen LogP contribution in [0.1, 0.15) is 44.2 Å². The molecule has 9 nitrogen and oxygen atoms in total. The van der Waals surface area contributed by atoms with Crippen LogP contribution in [-0.2, 0) is 6.54 Å². The number of nitrogens with one attached hydrogen (secondary N) is 1. The first kappa shape index (κ1) is 19.2. The maximum absolute atomic E-state index is 11.4. The number of hydrogen-bond donors (Lipinski definition) is 2. The van der Waals surface area contributed by atoms with Gasteiger partial charge in [0.25, 0.3) is 0 Å². The van der Waals surface area contributed by atoms with Crippen molar-refractivity contribution in [1.82, 2.24) is 25.1 Å². The van der Waals surface area contributed by atoms with Crippen molar-refractivity contribution in [3.8, 4) is 5.88 Å². The van der Waals surface area contributed by atoms with Crippen LogP contribution in [0, 0.1) is 19.8 Å². The third kappa shape index (κ3) is 4.83. The number of carbonyl (C=O) groups is 1. The van der Waals surface area contributed by atoms with Crippen LogP contribution in [0.4, 0.5) is 5.82 Å². The molecule has 4 rings (SSSR count). The molecule has 1 saturated carbocycles. The Morgan fingerprint density at radius 2 is 2.17 bits per heavy atom. The predicted molar refractivity (Wildman–Crippen MR) is 106 cm³/mol. The SMILES string of the molecule is Cc1ccc([C@@H]2C[C@H]2COc2cc(NCc3nnc(C)s3)nc(C(=O)O)n2)nc1. The fourth-order valence-corrected chi connectivity index (χ4v) is 3.59. The van der Waals surface area contributed by atoms with E-state index < -0.39 is 5.97 Å². The molecule has 0 amide bonds. The summed E-state index contributed by atoms with van der Waals surface area (Å²) in [5.74, 6) is -0.211. The number of aromatic nitrogens is 5. The monoisotopic (exact) mass is 412 g/mol. The normalized spacial score (nSPS) is 17.7. The van der Waals surface area contributed by atoms with Gasteiger partial charge in [-0.3, -0.25) is 4.98 Å². The summed E-state index contributed by atoms with van der Waals surface area (Å²) in [6.07, 6.45) is 2.86. The van der Waals surface area contributed by atoms with Crippen molar-refractivity contribution in [1.29, 1.82) is 0 Å². The molecule has 0 radical (unpaired) electrons. The summed E-state index contributed by atoms with van der Waals surface area (Å²) < 4.78 is 5.79. The average molecular weight is 412 g/mol. The van der Waals surface area contributed by atoms with Crippen LogP contribution >= 0.6 is 11.3 Å². The van der Waals surface area contributed by atoms with E-state index in [2.05, 4.69) is 36.5 Å². The number of aryl methyl sites for hydroxylation is 2. The molecular formula is C19H20N6O3S. The van der Waals surface area contributed by atoms with Gasteiger partial charge in [-0.15, -0.1) is 10.2 Å². The Labute approximate surface area is 171 Å². The second kappa shape index (κ2) is 8.08. The van der Waals surface area contributed by atoms with E-state index in [4.69, 9.17) is 4.74 Å². The number of rotatable bonds is 8. The van der Waals surface area contributed by atoms with E-state index in [9.17, 15) is 9.90 Å². The van der Waals surface area contributed by atoms with Crippen molar-refractivity contribution >= 4 is 23.1 Å². The Bertz CT molecular complexity index is 1020. The van der Waals surface area contributed by atoms with Crippen molar-refractivity contribution in [3.05, 3.63) is 51.5 Å². The zero-order chi connectivity index (χ0) is 20.4. The van der Waals surface area contributed by atoms with E-state index in [0.29, 0.717) is 30.8 Å². The molecule has 3 heterocycles. The molecule has 29 heavy (non-hydrogen) atoms. The molecule has 0 aliphatic heterocycles. The van der Waals surface area contributed by atoms with E-state index in [1.54, 1.807) is 6.07 Å². The Morgan fingerprint density at radius 3 is 2.86 bits per heavy atom. The average Bonchev–Trinajstić information content (AvgIpc) is 3.37. The topological polar surface area (TPSA) is 123 Å². The van der Waals surface area contributed by atoms with Gasteiger partial charge in [0.15, 0.2) is 0 Å². The molecule has 1 aliphatic carbocycles. The zero-order valence-electron chi connectivity index (χ0n) is 16.0. The highest BCUT2D eigenvalue weighted by Gasteiger charge is 2.40. The Kier molecular flexibility index (Phi) is 5.34. The summed E-state index contributed by atoms with van der Waals surface area (Å²) in [7, 11) is 0. The van der Waals surface area contributed by atoms with Crippen molar-refractivity contribution < 1.29 is 14.6 Å². The number of hydrogen-bond acceptors (Lipinski definition) is 9. The van der Waals surface area contributed by atoms with E-state index in [1.165, 1.54) is 11.3 Å². The fourth-order valence-electron chi connectivity index (χ4n) is 2.95. The minimum absolute atomic E-state index is 0.232. The summed E-state index contributed by atoms with van der Waals surface area (Å²) in [5, 5.41) is 22.0. The summed E-state index contributed by atoms with van der Waals surface area (Å²) in [5.41, 5.74) is 2.20. The quantitative estimate of drug-likeness (QED) is 0.575. The first-order valence-electron chi connectivity index (χ1n) is 9.18. The van der Waals surface area contributed by atoms with Crippen LogP contribution < -0.4 is 10.1 Å². The van der Waals surface area contributed by atoms with Crippen LogP contribution in [0.25, 0.3) is 0 Å². The zero-order valence-corrected chi connectivity index (χ0v) is 16.8. The lowest BCUT2D eigenvalue weighted by Gasteiger charge is -2.09. The maximum Gasteiger partial charge on any atom is 0.374 e. The number of anilines is 1. The minimum atomic E-state index is -1.21. The van der Waals surface area contributed by atoms with Gasteiger partial charge in [0.05, 0.1) is 13.2 Å². The Hall–Kier alpha value is -3.14. The highest BCUT2D eigenvalue weighted by molar-refractivity contribution is 7.11. The van der Waals surface area contributed by atoms with Gasteiger partial charge in [0, 0.05) is 29.8 Å². The largest absolute Gasteiger partial charge is 0.477 e. The van der Waals surface area contributed by atoms with Gasteiger partial charge in [0.1, 0.15) is 15.8 Å². The van der Waals surface area contributed by atoms with Gasteiger partial charge < -0.3 is 15.2 Å². The first-order valence-corrected chi connectivity index (χ1v) is 10.00. The van der Waals surface area contributed by atoms with Gasteiger partial charge in [-0.05, 0) is 31.9 Å². The van der Waals surface area contributed by atoms with Crippen molar-refractivity contribution in [3.63, 3.8) is 0 Å². The predicted octanol–water partition coefficient (Wildman–Crippen LogP) is 2.83. The number of nitrogens with zero attached hydrogens (tertiary/aromatic N) is 5. The molecule has 0 unspecified atom stereocenters. The molecule has 10 heteroatoms. The second-order valence-corrected chi connectivity index (χ2v) is 8.23. The van der Waals surface area contributed by atoms with E-state index in [-0.39, 0.29) is 11.7 Å². The summed E-state index contributed by atoms with van der Waals surface area (Å²) >= 11 is 1.46. The number of pyridine rings is 1. The van der Waals surface area contributed by atoms with Gasteiger partial charge in [0.2, 0.25) is 11.7 Å². The van der Waals surface area contributed by atoms with Crippen molar-refractivity contribution in [2.45, 2.75) is 32.7 Å². The highest BCUT2D eigenvalue weighted by atomic mass is 32.1. The van der Waals surface area contributed by atoms with Crippen LogP contribution in [0.15, 0.2) is 24.4 Å². The third-order valence-electron chi connectivity index (χ3n) is 4.56. The Balaban J connectivity index is 1.39. The van der Waals surface area contributed by atoms with Crippen LogP contribution in [-0.4, -0.2) is 42.8 Å². The Morgan fingerprint density at radius 1 is 1.31 bits per heavy atom. The maximum atomic E-state index is 11.4. The number of ether oxygens (including phenoxy) is 1. The van der Waals surface area contributed by atoms with Crippen LogP contribution in [0.3, 0.4) is 0 Å². The summed E-state index contributed by atoms with van der Waals surface area (Å²) in [4.78, 5) is 23.8. The van der Waals surface area contributed by atoms with Crippen LogP contribution in [0.5, 0.6) is 5.88 Å². The van der Waals surface area contributed by atoms with E-state index in [1.807, 2.05) is 26.1 Å². The number of carboxylic acid groups (broad SMARTS) is 1. The van der Waals surface area contributed by atoms with E-state index in [0.717, 1.165) is 27.7 Å². The standard InChI is InChI=1S/C19H20N6O3S/c1-10-3-4-14(20-7-10)13-5-12(13)9-28-16-6-15(22-18(23-16)19(26)27)21-8-17-25-24-11(2)29-17/h3-4,6-7,12-13H,5,8-9H2,1-2H3,(H,26,27)(H,21,22,23)/t12-,13+/m0/s1. The number of aromatic carboxylic acids is 1. The second-order valence-electron chi connectivity index (χ2n) is 6.96. The molecule has 0 aromatic carbocycles. The molecule has 3 aromatic rings. The van der Waals surface area contributed by atoms with Crippen molar-refractivity contribution in [2.24, 2.45) is 5.92 Å². The summed E-state index contributed by atoms with van der Waals surface area (Å²) in [6, 6.07) is 5.70. The van der Waals surface area contributed by atoms with Gasteiger partial charge in [-0.2, -0.15) is 4.98 Å². The van der Waals surface area contributed by atoms with Crippen LogP contribution in [0.2, 0.25) is 0 Å². The molecule has 0 bridgehead atoms. The highest BCUT2D eigenvalue weighted by Crippen LogP contribution is 2.46. The lowest BCUT2D eigenvalue weighted by Crippen LogP contribution is -2.11. The first-order chi connectivity index (χ1) is 14.0.